The van der Waals surface area contributed by atoms with Crippen molar-refractivity contribution >= 4 is 23.7 Å². The first-order chi connectivity index (χ1) is 16.7. The number of nitro benzene ring substituents is 1. The van der Waals surface area contributed by atoms with Crippen LogP contribution in [0, 0.1) is 10.1 Å². The molecule has 0 saturated heterocycles. The van der Waals surface area contributed by atoms with Gasteiger partial charge in [0.15, 0.2) is 6.04 Å². The average Bonchev–Trinajstić information content (AvgIpc) is 2.80. The van der Waals surface area contributed by atoms with E-state index in [2.05, 4.69) is 0 Å². The van der Waals surface area contributed by atoms with Crippen LogP contribution in [0.1, 0.15) is 38.0 Å². The molecule has 0 heterocycles. The number of aliphatic carboxylic acids is 1. The SMILES string of the molecule is CN(C(=O)OC(C)(C)C)C(Cc1ccccc1)C(=O)N(C)C(C(=O)O)C(O)c1ccccc1[N+](=O)[O-]. The van der Waals surface area contributed by atoms with Crippen LogP contribution in [-0.2, 0) is 20.7 Å². The number of likely N-dealkylation sites (N-methyl/N-ethyl adjacent to an activating group) is 2. The molecule has 0 bridgehead atoms. The molecule has 0 saturated carbocycles. The van der Waals surface area contributed by atoms with Crippen molar-refractivity contribution in [2.24, 2.45) is 0 Å². The van der Waals surface area contributed by atoms with E-state index in [9.17, 15) is 34.7 Å². The van der Waals surface area contributed by atoms with E-state index < -0.39 is 52.4 Å². The molecule has 3 atom stereocenters. The molecule has 0 aliphatic carbocycles. The predicted octanol–water partition coefficient (Wildman–Crippen LogP) is 3.02. The number of hydrogen-bond acceptors (Lipinski definition) is 7. The number of benzene rings is 2. The summed E-state index contributed by atoms with van der Waals surface area (Å²) in [5.74, 6) is -2.37. The first-order valence-electron chi connectivity index (χ1n) is 11.1. The number of aliphatic hydroxyl groups excluding tert-OH is 1. The molecule has 0 radical (unpaired) electrons. The number of nitrogens with zero attached hydrogens (tertiary/aromatic N) is 3. The third-order valence-electron chi connectivity index (χ3n) is 5.47. The molecule has 0 aliphatic rings. The fraction of sp³-hybridized carbons (Fsp3) is 0.400. The van der Waals surface area contributed by atoms with Crippen molar-refractivity contribution in [2.45, 2.75) is 51.0 Å². The zero-order valence-corrected chi connectivity index (χ0v) is 20.8. The maximum atomic E-state index is 13.6. The molecule has 3 unspecified atom stereocenters. The van der Waals surface area contributed by atoms with Crippen molar-refractivity contribution in [3.63, 3.8) is 0 Å². The molecule has 11 nitrogen and oxygen atoms in total. The quantitative estimate of drug-likeness (QED) is 0.393. The largest absolute Gasteiger partial charge is 0.480 e. The summed E-state index contributed by atoms with van der Waals surface area (Å²) in [4.78, 5) is 51.1. The topological polar surface area (TPSA) is 151 Å². The Morgan fingerprint density at radius 3 is 2.08 bits per heavy atom. The van der Waals surface area contributed by atoms with Gasteiger partial charge in [0.2, 0.25) is 5.91 Å². The zero-order valence-electron chi connectivity index (χ0n) is 20.8. The fourth-order valence-electron chi connectivity index (χ4n) is 3.65. The van der Waals surface area contributed by atoms with Gasteiger partial charge in [0, 0.05) is 26.6 Å². The van der Waals surface area contributed by atoms with Crippen LogP contribution >= 0.6 is 0 Å². The highest BCUT2D eigenvalue weighted by Crippen LogP contribution is 2.30. The van der Waals surface area contributed by atoms with Crippen LogP contribution < -0.4 is 0 Å². The van der Waals surface area contributed by atoms with Crippen LogP contribution in [0.5, 0.6) is 0 Å². The maximum Gasteiger partial charge on any atom is 0.410 e. The van der Waals surface area contributed by atoms with Gasteiger partial charge in [0.25, 0.3) is 5.69 Å². The Balaban J connectivity index is 2.46. The Kier molecular flexibility index (Phi) is 9.12. The first-order valence-corrected chi connectivity index (χ1v) is 11.1. The van der Waals surface area contributed by atoms with Crippen LogP contribution in [0.3, 0.4) is 0 Å². The Hall–Kier alpha value is -3.99. The zero-order chi connectivity index (χ0) is 27.2. The number of rotatable bonds is 9. The van der Waals surface area contributed by atoms with Gasteiger partial charge in [-0.15, -0.1) is 0 Å². The number of amides is 2. The number of carbonyl (C=O) groups excluding carboxylic acids is 2. The number of carboxylic acids is 1. The van der Waals surface area contributed by atoms with Gasteiger partial charge in [-0.3, -0.25) is 19.8 Å². The second kappa shape index (κ2) is 11.6. The maximum absolute atomic E-state index is 13.6. The summed E-state index contributed by atoms with van der Waals surface area (Å²) in [6.07, 6.45) is -2.67. The van der Waals surface area contributed by atoms with Gasteiger partial charge in [0.05, 0.1) is 10.5 Å². The first kappa shape index (κ1) is 28.2. The molecule has 0 aliphatic heterocycles. The third kappa shape index (κ3) is 7.01. The van der Waals surface area contributed by atoms with E-state index in [1.165, 1.54) is 32.3 Å². The van der Waals surface area contributed by atoms with E-state index in [0.29, 0.717) is 5.56 Å². The molecule has 36 heavy (non-hydrogen) atoms. The molecule has 2 rings (SSSR count). The van der Waals surface area contributed by atoms with Gasteiger partial charge >= 0.3 is 12.1 Å². The van der Waals surface area contributed by atoms with Gasteiger partial charge < -0.3 is 19.8 Å². The van der Waals surface area contributed by atoms with E-state index in [-0.39, 0.29) is 12.0 Å². The van der Waals surface area contributed by atoms with Crippen LogP contribution in [0.4, 0.5) is 10.5 Å². The lowest BCUT2D eigenvalue weighted by molar-refractivity contribution is -0.386. The minimum absolute atomic E-state index is 0.0354. The van der Waals surface area contributed by atoms with E-state index >= 15 is 0 Å². The summed E-state index contributed by atoms with van der Waals surface area (Å²) in [7, 11) is 2.53. The van der Waals surface area contributed by atoms with Gasteiger partial charge in [-0.2, -0.15) is 0 Å². The Labute approximate surface area is 209 Å². The van der Waals surface area contributed by atoms with Gasteiger partial charge in [-0.05, 0) is 32.4 Å². The minimum Gasteiger partial charge on any atom is -0.480 e. The summed E-state index contributed by atoms with van der Waals surface area (Å²) in [6.45, 7) is 5.01. The van der Waals surface area contributed by atoms with Crippen molar-refractivity contribution < 1.29 is 34.3 Å². The standard InChI is InChI=1S/C25H31N3O8/c1-25(2,3)36-24(33)26(4)19(15-16-11-7-6-8-12-16)22(30)27(5)20(23(31)32)21(29)17-13-9-10-14-18(17)28(34)35/h6-14,19-21,29H,15H2,1-5H3,(H,31,32). The van der Waals surface area contributed by atoms with Crippen LogP contribution in [-0.4, -0.2) is 74.7 Å². The summed E-state index contributed by atoms with van der Waals surface area (Å²) < 4.78 is 5.39. The number of carbonyl (C=O) groups is 3. The van der Waals surface area contributed by atoms with Gasteiger partial charge in [0.1, 0.15) is 17.7 Å². The predicted molar refractivity (Wildman–Crippen MR) is 130 cm³/mol. The molecule has 2 aromatic rings. The number of nitro groups is 1. The summed E-state index contributed by atoms with van der Waals surface area (Å²) in [5, 5.41) is 32.2. The highest BCUT2D eigenvalue weighted by atomic mass is 16.6. The molecular formula is C25H31N3O8. The molecule has 2 aromatic carbocycles. The summed E-state index contributed by atoms with van der Waals surface area (Å²) in [5.41, 5.74) is -0.881. The van der Waals surface area contributed by atoms with E-state index in [4.69, 9.17) is 4.74 Å². The number of aliphatic hydroxyl groups is 1. The van der Waals surface area contributed by atoms with Crippen molar-refractivity contribution in [2.75, 3.05) is 14.1 Å². The normalized spacial score (nSPS) is 13.7. The van der Waals surface area contributed by atoms with Crippen LogP contribution in [0.15, 0.2) is 54.6 Å². The molecular weight excluding hydrogens is 470 g/mol. The third-order valence-corrected chi connectivity index (χ3v) is 5.47. The van der Waals surface area contributed by atoms with Crippen molar-refractivity contribution in [1.29, 1.82) is 0 Å². The molecule has 2 N–H and O–H groups in total. The second-order valence-electron chi connectivity index (χ2n) is 9.29. The minimum atomic E-state index is -1.91. The summed E-state index contributed by atoms with van der Waals surface area (Å²) >= 11 is 0. The highest BCUT2D eigenvalue weighted by molar-refractivity contribution is 5.89. The van der Waals surface area contributed by atoms with E-state index in [0.717, 1.165) is 15.9 Å². The number of hydrogen-bond donors (Lipinski definition) is 2. The Morgan fingerprint density at radius 1 is 1.00 bits per heavy atom. The molecule has 0 fully saturated rings. The highest BCUT2D eigenvalue weighted by Gasteiger charge is 2.41. The molecule has 2 amide bonds. The lowest BCUT2D eigenvalue weighted by Crippen LogP contribution is -2.55. The summed E-state index contributed by atoms with van der Waals surface area (Å²) in [6, 6.07) is 10.9. The lowest BCUT2D eigenvalue weighted by atomic mass is 9.97. The average molecular weight is 502 g/mol. The molecule has 0 aromatic heterocycles. The van der Waals surface area contributed by atoms with Crippen molar-refractivity contribution in [3.8, 4) is 0 Å². The molecule has 194 valence electrons. The number of ether oxygens (including phenoxy) is 1. The van der Waals surface area contributed by atoms with E-state index in [1.807, 2.05) is 0 Å². The van der Waals surface area contributed by atoms with Gasteiger partial charge in [-0.25, -0.2) is 9.59 Å². The van der Waals surface area contributed by atoms with Gasteiger partial charge in [-0.1, -0.05) is 42.5 Å². The Morgan fingerprint density at radius 2 is 1.56 bits per heavy atom. The number of para-hydroxylation sites is 1. The van der Waals surface area contributed by atoms with Crippen LogP contribution in [0.25, 0.3) is 0 Å². The van der Waals surface area contributed by atoms with E-state index in [1.54, 1.807) is 51.1 Å². The van der Waals surface area contributed by atoms with Crippen molar-refractivity contribution in [3.05, 3.63) is 75.8 Å². The molecule has 0 spiro atoms. The number of carboxylic acid groups (broad SMARTS) is 1. The Bertz CT molecular complexity index is 1100. The fourth-order valence-corrected chi connectivity index (χ4v) is 3.65. The molecule has 11 heteroatoms. The van der Waals surface area contributed by atoms with Crippen LogP contribution in [0.2, 0.25) is 0 Å². The second-order valence-corrected chi connectivity index (χ2v) is 9.29. The van der Waals surface area contributed by atoms with Crippen molar-refractivity contribution in [1.82, 2.24) is 9.80 Å². The monoisotopic (exact) mass is 501 g/mol. The lowest BCUT2D eigenvalue weighted by Gasteiger charge is -2.35. The smallest absolute Gasteiger partial charge is 0.410 e.